The van der Waals surface area contributed by atoms with Crippen molar-refractivity contribution in [1.29, 1.82) is 0 Å². The van der Waals surface area contributed by atoms with Gasteiger partial charge in [-0.3, -0.25) is 9.69 Å². The Morgan fingerprint density at radius 1 is 1.24 bits per heavy atom. The maximum Gasteiger partial charge on any atom is 0.269 e. The molecule has 0 bridgehead atoms. The second kappa shape index (κ2) is 8.23. The van der Waals surface area contributed by atoms with Gasteiger partial charge in [0.15, 0.2) is 0 Å². The molecule has 1 aliphatic heterocycles. The minimum absolute atomic E-state index is 0.192. The van der Waals surface area contributed by atoms with E-state index < -0.39 is 6.10 Å². The van der Waals surface area contributed by atoms with Crippen LogP contribution >= 0.6 is 0 Å². The Morgan fingerprint density at radius 2 is 2.04 bits per heavy atom. The van der Waals surface area contributed by atoms with Crippen LogP contribution in [0.5, 0.6) is 0 Å². The molecular weight excluding hydrogens is 314 g/mol. The number of nitrogens with zero attached hydrogens (tertiary/aromatic N) is 2. The molecule has 5 heteroatoms. The average molecular weight is 339 g/mol. The topological polar surface area (TPSA) is 65.5 Å². The third kappa shape index (κ3) is 4.87. The van der Waals surface area contributed by atoms with Crippen molar-refractivity contribution in [3.05, 3.63) is 65.0 Å². The summed E-state index contributed by atoms with van der Waals surface area (Å²) in [7, 11) is 0. The van der Waals surface area contributed by atoms with E-state index in [1.807, 2.05) is 19.1 Å². The molecule has 1 aliphatic rings. The quantitative estimate of drug-likeness (QED) is 0.844. The Kier molecular flexibility index (Phi) is 5.79. The first-order valence-electron chi connectivity index (χ1n) is 8.81. The highest BCUT2D eigenvalue weighted by Crippen LogP contribution is 2.18. The summed E-state index contributed by atoms with van der Waals surface area (Å²) in [6, 6.07) is 13.9. The predicted molar refractivity (Wildman–Crippen MR) is 97.4 cm³/mol. The molecule has 1 aromatic carbocycles. The maximum atomic E-state index is 12.0. The van der Waals surface area contributed by atoms with Gasteiger partial charge in [0.1, 0.15) is 5.69 Å². The molecule has 132 valence electrons. The monoisotopic (exact) mass is 339 g/mol. The van der Waals surface area contributed by atoms with E-state index in [1.54, 1.807) is 6.07 Å². The van der Waals surface area contributed by atoms with Crippen molar-refractivity contribution in [2.75, 3.05) is 19.6 Å². The standard InChI is InChI=1S/C20H25N3O2/c1-15-5-4-8-19(22-15)20(25)21-11-9-18(24)14-23-12-10-16-6-2-3-7-17(16)13-23/h2-8,18,24H,9-14H2,1H3,(H,21,25). The summed E-state index contributed by atoms with van der Waals surface area (Å²) in [6.07, 6.45) is 1.12. The second-order valence-electron chi connectivity index (χ2n) is 6.62. The molecule has 2 N–H and O–H groups in total. The minimum atomic E-state index is -0.448. The molecule has 0 aliphatic carbocycles. The number of aryl methyl sites for hydroxylation is 1. The molecule has 2 heterocycles. The first kappa shape index (κ1) is 17.6. The second-order valence-corrected chi connectivity index (χ2v) is 6.62. The Morgan fingerprint density at radius 3 is 2.84 bits per heavy atom. The lowest BCUT2D eigenvalue weighted by molar-refractivity contribution is 0.0889. The van der Waals surface area contributed by atoms with Gasteiger partial charge in [0, 0.05) is 31.9 Å². The van der Waals surface area contributed by atoms with Crippen LogP contribution in [0.1, 0.15) is 33.7 Å². The van der Waals surface area contributed by atoms with E-state index in [2.05, 4.69) is 39.5 Å². The number of fused-ring (bicyclic) bond motifs is 1. The molecule has 25 heavy (non-hydrogen) atoms. The van der Waals surface area contributed by atoms with Gasteiger partial charge in [0.25, 0.3) is 5.91 Å². The molecule has 5 nitrogen and oxygen atoms in total. The Bertz CT molecular complexity index is 732. The number of aliphatic hydroxyl groups is 1. The van der Waals surface area contributed by atoms with Crippen LogP contribution < -0.4 is 5.32 Å². The summed E-state index contributed by atoms with van der Waals surface area (Å²) < 4.78 is 0. The number of carbonyl (C=O) groups excluding carboxylic acids is 1. The minimum Gasteiger partial charge on any atom is -0.392 e. The normalized spacial score (nSPS) is 15.4. The highest BCUT2D eigenvalue weighted by Gasteiger charge is 2.18. The van der Waals surface area contributed by atoms with E-state index in [0.717, 1.165) is 25.2 Å². The van der Waals surface area contributed by atoms with Gasteiger partial charge in [0.05, 0.1) is 6.10 Å². The number of benzene rings is 1. The number of nitrogens with one attached hydrogen (secondary N) is 1. The van der Waals surface area contributed by atoms with Crippen LogP contribution in [-0.2, 0) is 13.0 Å². The van der Waals surface area contributed by atoms with Crippen molar-refractivity contribution < 1.29 is 9.90 Å². The SMILES string of the molecule is Cc1cccc(C(=O)NCCC(O)CN2CCc3ccccc3C2)n1. The van der Waals surface area contributed by atoms with Gasteiger partial charge in [-0.25, -0.2) is 4.98 Å². The van der Waals surface area contributed by atoms with Crippen LogP contribution in [0.4, 0.5) is 0 Å². The van der Waals surface area contributed by atoms with Crippen LogP contribution in [-0.4, -0.2) is 46.6 Å². The Balaban J connectivity index is 1.41. The van der Waals surface area contributed by atoms with E-state index in [9.17, 15) is 9.90 Å². The zero-order chi connectivity index (χ0) is 17.6. The number of aromatic nitrogens is 1. The molecule has 0 saturated carbocycles. The van der Waals surface area contributed by atoms with Gasteiger partial charge < -0.3 is 10.4 Å². The summed E-state index contributed by atoms with van der Waals surface area (Å²) in [5, 5.41) is 13.1. The lowest BCUT2D eigenvalue weighted by atomic mass is 9.99. The number of carbonyl (C=O) groups is 1. The number of rotatable bonds is 6. The lowest BCUT2D eigenvalue weighted by Gasteiger charge is -2.30. The van der Waals surface area contributed by atoms with Crippen molar-refractivity contribution in [2.45, 2.75) is 32.4 Å². The molecule has 1 unspecified atom stereocenters. The fraction of sp³-hybridized carbons (Fsp3) is 0.400. The molecule has 1 atom stereocenters. The third-order valence-electron chi connectivity index (χ3n) is 4.56. The fourth-order valence-electron chi connectivity index (χ4n) is 3.21. The van der Waals surface area contributed by atoms with Crippen molar-refractivity contribution in [3.63, 3.8) is 0 Å². The number of hydrogen-bond acceptors (Lipinski definition) is 4. The molecule has 1 aromatic heterocycles. The summed E-state index contributed by atoms with van der Waals surface area (Å²) in [5.74, 6) is -0.192. The van der Waals surface area contributed by atoms with Crippen molar-refractivity contribution in [3.8, 4) is 0 Å². The third-order valence-corrected chi connectivity index (χ3v) is 4.56. The molecular formula is C20H25N3O2. The number of aliphatic hydroxyl groups excluding tert-OH is 1. The Hall–Kier alpha value is -2.24. The molecule has 3 rings (SSSR count). The number of hydrogen-bond donors (Lipinski definition) is 2. The first-order valence-corrected chi connectivity index (χ1v) is 8.81. The van der Waals surface area contributed by atoms with Gasteiger partial charge in [-0.1, -0.05) is 30.3 Å². The van der Waals surface area contributed by atoms with Gasteiger partial charge in [-0.15, -0.1) is 0 Å². The van der Waals surface area contributed by atoms with E-state index >= 15 is 0 Å². The zero-order valence-electron chi connectivity index (χ0n) is 14.6. The molecule has 0 saturated heterocycles. The largest absolute Gasteiger partial charge is 0.392 e. The van der Waals surface area contributed by atoms with Crippen LogP contribution in [0.25, 0.3) is 0 Å². The smallest absolute Gasteiger partial charge is 0.269 e. The van der Waals surface area contributed by atoms with E-state index in [0.29, 0.717) is 25.2 Å². The van der Waals surface area contributed by atoms with Crippen LogP contribution in [0.3, 0.4) is 0 Å². The maximum absolute atomic E-state index is 12.0. The zero-order valence-corrected chi connectivity index (χ0v) is 14.6. The van der Waals surface area contributed by atoms with E-state index in [4.69, 9.17) is 0 Å². The molecule has 0 fully saturated rings. The highest BCUT2D eigenvalue weighted by molar-refractivity contribution is 5.92. The van der Waals surface area contributed by atoms with Crippen LogP contribution in [0.2, 0.25) is 0 Å². The van der Waals surface area contributed by atoms with Gasteiger partial charge in [-0.05, 0) is 43.0 Å². The van der Waals surface area contributed by atoms with Gasteiger partial charge in [-0.2, -0.15) is 0 Å². The lowest BCUT2D eigenvalue weighted by Crippen LogP contribution is -2.38. The van der Waals surface area contributed by atoms with E-state index in [-0.39, 0.29) is 5.91 Å². The van der Waals surface area contributed by atoms with Crippen molar-refractivity contribution in [2.24, 2.45) is 0 Å². The number of β-amino-alcohol motifs (C(OH)–C–C–N with tert-alkyl or cyclic N) is 1. The molecule has 0 radical (unpaired) electrons. The van der Waals surface area contributed by atoms with Crippen molar-refractivity contribution in [1.82, 2.24) is 15.2 Å². The Labute approximate surface area is 148 Å². The summed E-state index contributed by atoms with van der Waals surface area (Å²) in [6.45, 7) is 4.78. The van der Waals surface area contributed by atoms with Crippen molar-refractivity contribution >= 4 is 5.91 Å². The van der Waals surface area contributed by atoms with Crippen LogP contribution in [0, 0.1) is 6.92 Å². The summed E-state index contributed by atoms with van der Waals surface area (Å²) >= 11 is 0. The van der Waals surface area contributed by atoms with E-state index in [1.165, 1.54) is 11.1 Å². The summed E-state index contributed by atoms with van der Waals surface area (Å²) in [4.78, 5) is 18.5. The highest BCUT2D eigenvalue weighted by atomic mass is 16.3. The molecule has 0 spiro atoms. The van der Waals surface area contributed by atoms with Gasteiger partial charge in [0.2, 0.25) is 0 Å². The molecule has 2 aromatic rings. The molecule has 1 amide bonds. The van der Waals surface area contributed by atoms with Crippen LogP contribution in [0.15, 0.2) is 42.5 Å². The number of amides is 1. The first-order chi connectivity index (χ1) is 12.1. The predicted octanol–water partition coefficient (Wildman–Crippen LogP) is 1.93. The number of pyridine rings is 1. The van der Waals surface area contributed by atoms with Gasteiger partial charge >= 0.3 is 0 Å². The summed E-state index contributed by atoms with van der Waals surface area (Å²) in [5.41, 5.74) is 3.99. The fourth-order valence-corrected chi connectivity index (χ4v) is 3.21. The average Bonchev–Trinajstić information content (AvgIpc) is 2.61.